The van der Waals surface area contributed by atoms with Crippen molar-refractivity contribution in [1.29, 1.82) is 0 Å². The summed E-state index contributed by atoms with van der Waals surface area (Å²) in [5.41, 5.74) is 0. The molecule has 0 saturated heterocycles. The van der Waals surface area contributed by atoms with Gasteiger partial charge >= 0.3 is 6.09 Å². The summed E-state index contributed by atoms with van der Waals surface area (Å²) in [6, 6.07) is 0. The Kier molecular flexibility index (Phi) is 5.72. The molecule has 1 heterocycles. The zero-order valence-corrected chi connectivity index (χ0v) is 15.1. The van der Waals surface area contributed by atoms with Crippen LogP contribution in [0, 0.1) is 13.3 Å². The maximum Gasteiger partial charge on any atom is 0.407 e. The maximum absolute atomic E-state index is 11.2. The molecule has 0 unspecified atom stereocenters. The summed E-state index contributed by atoms with van der Waals surface area (Å²) in [7, 11) is 0. The van der Waals surface area contributed by atoms with Crippen LogP contribution in [0.25, 0.3) is 0 Å². The molecular formula is C12H17I2N3O2. The lowest BCUT2D eigenvalue weighted by Gasteiger charge is -2.10. The van der Waals surface area contributed by atoms with Crippen LogP contribution >= 0.6 is 45.2 Å². The molecule has 0 bridgehead atoms. The maximum atomic E-state index is 11.2. The molecule has 0 aromatic carbocycles. The van der Waals surface area contributed by atoms with Crippen LogP contribution in [0.4, 0.5) is 4.79 Å². The number of alkyl carbamates (subject to hydrolysis) is 1. The van der Waals surface area contributed by atoms with Crippen LogP contribution < -0.4 is 5.32 Å². The summed E-state index contributed by atoms with van der Waals surface area (Å²) in [6.45, 7) is 3.52. The molecule has 1 N–H and O–H groups in total. The van der Waals surface area contributed by atoms with E-state index in [1.807, 2.05) is 0 Å². The van der Waals surface area contributed by atoms with Crippen LogP contribution in [0.15, 0.2) is 0 Å². The summed E-state index contributed by atoms with van der Waals surface area (Å²) in [5, 5.41) is 2.75. The Balaban J connectivity index is 1.92. The lowest BCUT2D eigenvalue weighted by Crippen LogP contribution is -2.28. The number of halogens is 2. The Bertz CT molecular complexity index is 458. The molecule has 0 radical (unpaired) electrons. The van der Waals surface area contributed by atoms with Gasteiger partial charge in [0.05, 0.1) is 6.61 Å². The number of amides is 1. The highest BCUT2D eigenvalue weighted by Gasteiger charge is 2.25. The van der Waals surface area contributed by atoms with Crippen LogP contribution in [-0.2, 0) is 17.7 Å². The molecule has 19 heavy (non-hydrogen) atoms. The summed E-state index contributed by atoms with van der Waals surface area (Å²) < 4.78 is 9.24. The summed E-state index contributed by atoms with van der Waals surface area (Å²) in [4.78, 5) is 15.9. The normalized spacial score (nSPS) is 14.5. The van der Waals surface area contributed by atoms with Crippen molar-refractivity contribution in [2.45, 2.75) is 32.7 Å². The van der Waals surface area contributed by atoms with Crippen LogP contribution in [0.3, 0.4) is 0 Å². The first-order valence-electron chi connectivity index (χ1n) is 6.42. The Morgan fingerprint density at radius 3 is 2.89 bits per heavy atom. The summed E-state index contributed by atoms with van der Waals surface area (Å²) in [6.07, 6.45) is 3.34. The highest BCUT2D eigenvalue weighted by atomic mass is 127. The molecule has 2 rings (SSSR count). The predicted octanol–water partition coefficient (Wildman–Crippen LogP) is 2.79. The van der Waals surface area contributed by atoms with Gasteiger partial charge in [-0.15, -0.1) is 0 Å². The fourth-order valence-corrected chi connectivity index (χ4v) is 3.07. The molecular weight excluding hydrogens is 472 g/mol. The predicted molar refractivity (Wildman–Crippen MR) is 89.1 cm³/mol. The lowest BCUT2D eigenvalue weighted by molar-refractivity contribution is 0.152. The minimum atomic E-state index is -0.351. The Labute approximate surface area is 140 Å². The molecule has 106 valence electrons. The summed E-state index contributed by atoms with van der Waals surface area (Å²) in [5.74, 6) is 1.95. The molecule has 1 aliphatic rings. The minimum Gasteiger partial charge on any atom is -0.450 e. The zero-order valence-electron chi connectivity index (χ0n) is 10.8. The molecule has 1 amide bonds. The van der Waals surface area contributed by atoms with Crippen LogP contribution in [-0.4, -0.2) is 28.8 Å². The number of rotatable bonds is 6. The number of ether oxygens (including phenoxy) is 1. The van der Waals surface area contributed by atoms with E-state index in [4.69, 9.17) is 4.74 Å². The Morgan fingerprint density at radius 2 is 2.26 bits per heavy atom. The van der Waals surface area contributed by atoms with Crippen LogP contribution in [0.2, 0.25) is 0 Å². The van der Waals surface area contributed by atoms with Gasteiger partial charge in [0.15, 0.2) is 0 Å². The minimum absolute atomic E-state index is 0.351. The van der Waals surface area contributed by atoms with E-state index in [9.17, 15) is 4.79 Å². The molecule has 0 atom stereocenters. The molecule has 0 spiro atoms. The van der Waals surface area contributed by atoms with Gasteiger partial charge in [-0.2, -0.15) is 0 Å². The highest BCUT2D eigenvalue weighted by Crippen LogP contribution is 2.33. The van der Waals surface area contributed by atoms with Gasteiger partial charge in [-0.3, -0.25) is 0 Å². The first-order valence-corrected chi connectivity index (χ1v) is 8.58. The fraction of sp³-hybridized carbons (Fsp3) is 0.667. The Hall–Kier alpha value is -0.0600. The van der Waals surface area contributed by atoms with Gasteiger partial charge in [0.1, 0.15) is 13.2 Å². The van der Waals surface area contributed by atoms with E-state index in [1.54, 1.807) is 6.92 Å². The second-order valence-corrected chi connectivity index (χ2v) is 6.60. The van der Waals surface area contributed by atoms with Gasteiger partial charge in [0, 0.05) is 19.5 Å². The van der Waals surface area contributed by atoms with E-state index >= 15 is 0 Å². The van der Waals surface area contributed by atoms with E-state index in [1.165, 1.54) is 12.8 Å². The molecule has 0 aliphatic heterocycles. The van der Waals surface area contributed by atoms with Gasteiger partial charge in [-0.1, -0.05) is 0 Å². The molecule has 1 aromatic rings. The number of hydrogen-bond acceptors (Lipinski definition) is 3. The van der Waals surface area contributed by atoms with Gasteiger partial charge in [-0.05, 0) is 70.9 Å². The van der Waals surface area contributed by atoms with Crippen molar-refractivity contribution < 1.29 is 9.53 Å². The van der Waals surface area contributed by atoms with Crippen molar-refractivity contribution in [3.05, 3.63) is 13.2 Å². The van der Waals surface area contributed by atoms with Gasteiger partial charge < -0.3 is 14.6 Å². The van der Waals surface area contributed by atoms with Crippen molar-refractivity contribution in [3.8, 4) is 0 Å². The third-order valence-electron chi connectivity index (χ3n) is 2.99. The second-order valence-electron chi connectivity index (χ2n) is 4.56. The standard InChI is InChI=1S/C12H17I2N3O2/c1-2-19-12(18)15-5-6-17-9(7-8-3-4-8)16-10(13)11(17)14/h8H,2-7H2,1H3,(H,15,18). The van der Waals surface area contributed by atoms with Crippen molar-refractivity contribution in [2.75, 3.05) is 13.2 Å². The number of nitrogens with zero attached hydrogens (tertiary/aromatic N) is 2. The van der Waals surface area contributed by atoms with Gasteiger partial charge in [0.2, 0.25) is 0 Å². The first-order chi connectivity index (χ1) is 9.11. The number of aromatic nitrogens is 2. The van der Waals surface area contributed by atoms with E-state index in [-0.39, 0.29) is 6.09 Å². The topological polar surface area (TPSA) is 56.1 Å². The van der Waals surface area contributed by atoms with E-state index in [0.717, 1.165) is 32.1 Å². The molecule has 1 aliphatic carbocycles. The largest absolute Gasteiger partial charge is 0.450 e. The average molecular weight is 489 g/mol. The number of carbonyl (C=O) groups excluding carboxylic acids is 1. The second kappa shape index (κ2) is 7.09. The van der Waals surface area contributed by atoms with Crippen LogP contribution in [0.5, 0.6) is 0 Å². The third-order valence-corrected chi connectivity index (χ3v) is 5.87. The SMILES string of the molecule is CCOC(=O)NCCn1c(CC2CC2)nc(I)c1I. The van der Waals surface area contributed by atoms with E-state index < -0.39 is 0 Å². The van der Waals surface area contributed by atoms with Crippen LogP contribution in [0.1, 0.15) is 25.6 Å². The number of imidazole rings is 1. The third kappa shape index (κ3) is 4.47. The Morgan fingerprint density at radius 1 is 1.53 bits per heavy atom. The first kappa shape index (κ1) is 15.3. The van der Waals surface area contributed by atoms with Crippen molar-refractivity contribution in [2.24, 2.45) is 5.92 Å². The molecule has 1 fully saturated rings. The van der Waals surface area contributed by atoms with Crippen molar-refractivity contribution in [3.63, 3.8) is 0 Å². The number of carbonyl (C=O) groups is 1. The van der Waals surface area contributed by atoms with Gasteiger partial charge in [-0.25, -0.2) is 9.78 Å². The zero-order chi connectivity index (χ0) is 13.8. The van der Waals surface area contributed by atoms with E-state index in [2.05, 4.69) is 60.0 Å². The molecule has 7 heteroatoms. The monoisotopic (exact) mass is 489 g/mol. The van der Waals surface area contributed by atoms with Crippen molar-refractivity contribution in [1.82, 2.24) is 14.9 Å². The molecule has 1 aromatic heterocycles. The smallest absolute Gasteiger partial charge is 0.407 e. The highest BCUT2D eigenvalue weighted by molar-refractivity contribution is 14.1. The fourth-order valence-electron chi connectivity index (χ4n) is 1.86. The number of nitrogens with one attached hydrogen (secondary N) is 1. The number of hydrogen-bond donors (Lipinski definition) is 1. The van der Waals surface area contributed by atoms with Crippen molar-refractivity contribution >= 4 is 51.3 Å². The molecule has 1 saturated carbocycles. The molecule has 5 nitrogen and oxygen atoms in total. The van der Waals surface area contributed by atoms with E-state index in [0.29, 0.717) is 13.2 Å². The average Bonchev–Trinajstić information content (AvgIpc) is 3.13. The lowest BCUT2D eigenvalue weighted by atomic mass is 10.3. The van der Waals surface area contributed by atoms with Gasteiger partial charge in [0.25, 0.3) is 0 Å². The quantitative estimate of drug-likeness (QED) is 0.626. The summed E-state index contributed by atoms with van der Waals surface area (Å²) >= 11 is 4.58.